The fourth-order valence-corrected chi connectivity index (χ4v) is 6.31. The molecule has 196 valence electrons. The van der Waals surface area contributed by atoms with Gasteiger partial charge in [0.2, 0.25) is 0 Å². The minimum absolute atomic E-state index is 0.0927. The molecular formula is C30H31FN4O3. The molecule has 3 fully saturated rings. The van der Waals surface area contributed by atoms with Crippen LogP contribution in [-0.2, 0) is 4.74 Å². The van der Waals surface area contributed by atoms with Crippen molar-refractivity contribution >= 4 is 27.5 Å². The highest BCUT2D eigenvalue weighted by molar-refractivity contribution is 6.01. The topological polar surface area (TPSA) is 71.0 Å². The number of hydrogen-bond donors (Lipinski definition) is 1. The summed E-state index contributed by atoms with van der Waals surface area (Å²) in [6.45, 7) is 2.94. The summed E-state index contributed by atoms with van der Waals surface area (Å²) in [6.07, 6.45) is 4.60. The van der Waals surface area contributed by atoms with E-state index in [1.165, 1.54) is 0 Å². The predicted molar refractivity (Wildman–Crippen MR) is 145 cm³/mol. The Bertz CT molecular complexity index is 1520. The monoisotopic (exact) mass is 514 g/mol. The van der Waals surface area contributed by atoms with Crippen LogP contribution in [-0.4, -0.2) is 71.5 Å². The van der Waals surface area contributed by atoms with Crippen LogP contribution in [0.1, 0.15) is 25.7 Å². The largest absolute Gasteiger partial charge is 0.508 e. The number of nitrogens with zero attached hydrogens (tertiary/aromatic N) is 4. The van der Waals surface area contributed by atoms with Crippen LogP contribution in [0.5, 0.6) is 11.8 Å². The minimum Gasteiger partial charge on any atom is -0.508 e. The maximum atomic E-state index is 16.4. The van der Waals surface area contributed by atoms with E-state index >= 15 is 4.39 Å². The van der Waals surface area contributed by atoms with Gasteiger partial charge < -0.3 is 24.4 Å². The molecule has 2 bridgehead atoms. The van der Waals surface area contributed by atoms with Crippen molar-refractivity contribution in [2.75, 3.05) is 38.2 Å². The van der Waals surface area contributed by atoms with E-state index in [4.69, 9.17) is 14.5 Å². The second-order valence-corrected chi connectivity index (χ2v) is 10.8. The van der Waals surface area contributed by atoms with Gasteiger partial charge in [-0.05, 0) is 73.8 Å². The van der Waals surface area contributed by atoms with E-state index in [1.54, 1.807) is 18.2 Å². The third-order valence-electron chi connectivity index (χ3n) is 8.32. The standard InChI is InChI=1S/C30H31FN4O3/c1-34-12-4-6-19(34)17-37-30-32-28-25(29(33-30)35-15-21-8-9-22(16-35)38-21)11-10-24(27(28)31)26-14-20(36)13-18-5-2-3-7-23(18)26/h2-3,5,7,10-11,13-14,19,21-22,36H,4,6,8-9,12,15-17H2,1H3/t19-,21-,22+/m0/s1. The number of anilines is 1. The first-order chi connectivity index (χ1) is 18.5. The number of benzene rings is 3. The number of halogens is 1. The zero-order valence-corrected chi connectivity index (χ0v) is 21.4. The van der Waals surface area contributed by atoms with Crippen LogP contribution in [0.4, 0.5) is 10.2 Å². The first kappa shape index (κ1) is 23.6. The maximum absolute atomic E-state index is 16.4. The highest BCUT2D eigenvalue weighted by Crippen LogP contribution is 2.39. The van der Waals surface area contributed by atoms with Crippen LogP contribution in [0.2, 0.25) is 0 Å². The zero-order chi connectivity index (χ0) is 25.8. The van der Waals surface area contributed by atoms with Gasteiger partial charge in [0.25, 0.3) is 0 Å². The van der Waals surface area contributed by atoms with E-state index < -0.39 is 5.82 Å². The third kappa shape index (κ3) is 4.12. The van der Waals surface area contributed by atoms with Gasteiger partial charge in [-0.25, -0.2) is 4.39 Å². The minimum atomic E-state index is -0.444. The summed E-state index contributed by atoms with van der Waals surface area (Å²) in [7, 11) is 2.10. The summed E-state index contributed by atoms with van der Waals surface area (Å²) in [6, 6.07) is 15.1. The van der Waals surface area contributed by atoms with Gasteiger partial charge >= 0.3 is 6.01 Å². The Morgan fingerprint density at radius 3 is 2.61 bits per heavy atom. The Morgan fingerprint density at radius 2 is 1.82 bits per heavy atom. The number of rotatable bonds is 5. The van der Waals surface area contributed by atoms with Gasteiger partial charge in [-0.3, -0.25) is 0 Å². The van der Waals surface area contributed by atoms with Gasteiger partial charge in [0.05, 0.1) is 12.2 Å². The Hall–Kier alpha value is -3.49. The van der Waals surface area contributed by atoms with Crippen molar-refractivity contribution in [3.05, 3.63) is 54.3 Å². The van der Waals surface area contributed by atoms with Gasteiger partial charge in [-0.2, -0.15) is 9.97 Å². The van der Waals surface area contributed by atoms with Crippen molar-refractivity contribution in [2.45, 2.75) is 43.9 Å². The summed E-state index contributed by atoms with van der Waals surface area (Å²) >= 11 is 0. The van der Waals surface area contributed by atoms with E-state index in [-0.39, 0.29) is 29.5 Å². The number of likely N-dealkylation sites (N-methyl/N-ethyl adjacent to an activating group) is 1. The van der Waals surface area contributed by atoms with E-state index in [0.29, 0.717) is 48.1 Å². The summed E-state index contributed by atoms with van der Waals surface area (Å²) in [5.74, 6) is 0.340. The van der Waals surface area contributed by atoms with Crippen LogP contribution in [0.25, 0.3) is 32.8 Å². The fourth-order valence-electron chi connectivity index (χ4n) is 6.31. The van der Waals surface area contributed by atoms with Crippen molar-refractivity contribution in [3.63, 3.8) is 0 Å². The molecule has 4 heterocycles. The summed E-state index contributed by atoms with van der Waals surface area (Å²) < 4.78 is 28.6. The fraction of sp³-hybridized carbons (Fsp3) is 0.400. The quantitative estimate of drug-likeness (QED) is 0.396. The first-order valence-corrected chi connectivity index (χ1v) is 13.5. The molecule has 7 rings (SSSR count). The first-order valence-electron chi connectivity index (χ1n) is 13.5. The number of likely N-dealkylation sites (tertiary alicyclic amines) is 1. The van der Waals surface area contributed by atoms with Crippen molar-refractivity contribution < 1.29 is 19.0 Å². The van der Waals surface area contributed by atoms with Gasteiger partial charge in [0.15, 0.2) is 5.82 Å². The Labute approximate surface area is 220 Å². The highest BCUT2D eigenvalue weighted by Gasteiger charge is 2.35. The van der Waals surface area contributed by atoms with Gasteiger partial charge in [-0.1, -0.05) is 30.3 Å². The normalized spacial score (nSPS) is 23.5. The molecule has 3 aromatic carbocycles. The second kappa shape index (κ2) is 9.36. The molecule has 8 heteroatoms. The van der Waals surface area contributed by atoms with Crippen molar-refractivity contribution in [1.82, 2.24) is 14.9 Å². The molecule has 4 aromatic rings. The lowest BCUT2D eigenvalue weighted by molar-refractivity contribution is 0.0302. The maximum Gasteiger partial charge on any atom is 0.319 e. The number of fused-ring (bicyclic) bond motifs is 4. The molecule has 3 aliphatic heterocycles. The average Bonchev–Trinajstić information content (AvgIpc) is 3.50. The van der Waals surface area contributed by atoms with Crippen molar-refractivity contribution in [2.24, 2.45) is 0 Å². The molecular weight excluding hydrogens is 483 g/mol. The smallest absolute Gasteiger partial charge is 0.319 e. The molecule has 0 unspecified atom stereocenters. The lowest BCUT2D eigenvalue weighted by Gasteiger charge is -2.33. The molecule has 3 atom stereocenters. The molecule has 0 spiro atoms. The molecule has 0 aliphatic carbocycles. The van der Waals surface area contributed by atoms with Crippen LogP contribution in [0, 0.1) is 5.82 Å². The molecule has 7 nitrogen and oxygen atoms in total. The number of morpholine rings is 1. The van der Waals surface area contributed by atoms with E-state index in [2.05, 4.69) is 21.8 Å². The summed E-state index contributed by atoms with van der Waals surface area (Å²) in [5, 5.41) is 12.8. The average molecular weight is 515 g/mol. The van der Waals surface area contributed by atoms with Gasteiger partial charge in [0.1, 0.15) is 23.7 Å². The summed E-state index contributed by atoms with van der Waals surface area (Å²) in [4.78, 5) is 13.9. The SMILES string of the molecule is CN1CCC[C@H]1COc1nc(N2C[C@H]3CC[C@@H](C2)O3)c2ccc(-c3cc(O)cc4ccccc34)c(F)c2n1. The Balaban J connectivity index is 1.36. The lowest BCUT2D eigenvalue weighted by atomic mass is 9.96. The molecule has 38 heavy (non-hydrogen) atoms. The van der Waals surface area contributed by atoms with Crippen molar-refractivity contribution in [1.29, 1.82) is 0 Å². The number of phenols is 1. The molecule has 0 radical (unpaired) electrons. The zero-order valence-electron chi connectivity index (χ0n) is 21.4. The molecule has 1 N–H and O–H groups in total. The lowest BCUT2D eigenvalue weighted by Crippen LogP contribution is -2.43. The van der Waals surface area contributed by atoms with Gasteiger partial charge in [0, 0.05) is 30.1 Å². The van der Waals surface area contributed by atoms with Gasteiger partial charge in [-0.15, -0.1) is 0 Å². The van der Waals surface area contributed by atoms with E-state index in [1.807, 2.05) is 30.3 Å². The van der Waals surface area contributed by atoms with E-state index in [0.717, 1.165) is 43.0 Å². The number of ether oxygens (including phenoxy) is 2. The summed E-state index contributed by atoms with van der Waals surface area (Å²) in [5.41, 5.74) is 1.24. The highest BCUT2D eigenvalue weighted by atomic mass is 19.1. The molecule has 1 aromatic heterocycles. The predicted octanol–water partition coefficient (Wildman–Crippen LogP) is 5.14. The molecule has 3 aliphatic rings. The second-order valence-electron chi connectivity index (χ2n) is 10.8. The molecule has 3 saturated heterocycles. The Morgan fingerprint density at radius 1 is 1.00 bits per heavy atom. The number of phenolic OH excluding ortho intramolecular Hbond substituents is 1. The van der Waals surface area contributed by atoms with Crippen molar-refractivity contribution in [3.8, 4) is 22.9 Å². The number of hydrogen-bond acceptors (Lipinski definition) is 7. The molecule has 0 amide bonds. The molecule has 0 saturated carbocycles. The van der Waals surface area contributed by atoms with E-state index in [9.17, 15) is 5.11 Å². The number of aromatic hydroxyl groups is 1. The van der Waals surface area contributed by atoms with Crippen LogP contribution in [0.15, 0.2) is 48.5 Å². The Kier molecular flexibility index (Phi) is 5.82. The van der Waals surface area contributed by atoms with Crippen LogP contribution >= 0.6 is 0 Å². The van der Waals surface area contributed by atoms with Crippen LogP contribution < -0.4 is 9.64 Å². The third-order valence-corrected chi connectivity index (χ3v) is 8.32. The number of aromatic nitrogens is 2. The van der Waals surface area contributed by atoms with Crippen LogP contribution in [0.3, 0.4) is 0 Å².